The van der Waals surface area contributed by atoms with Gasteiger partial charge in [0, 0.05) is 9.94 Å². The van der Waals surface area contributed by atoms with Crippen molar-refractivity contribution in [3.05, 3.63) is 64.1 Å². The van der Waals surface area contributed by atoms with Gasteiger partial charge in [-0.05, 0) is 57.1 Å². The van der Waals surface area contributed by atoms with E-state index in [0.29, 0.717) is 0 Å². The van der Waals surface area contributed by atoms with Gasteiger partial charge in [-0.3, -0.25) is 0 Å². The molecule has 2 nitrogen and oxygen atoms in total. The smallest absolute Gasteiger partial charge is 0.260 e. The van der Waals surface area contributed by atoms with E-state index in [4.69, 9.17) is 9.47 Å². The summed E-state index contributed by atoms with van der Waals surface area (Å²) in [5.74, 6) is 3.62. The molecule has 0 saturated heterocycles. The first-order chi connectivity index (χ1) is 14.0. The fourth-order valence-electron chi connectivity index (χ4n) is 4.39. The van der Waals surface area contributed by atoms with Crippen LogP contribution in [0.15, 0.2) is 53.0 Å². The predicted molar refractivity (Wildman–Crippen MR) is 129 cm³/mol. The average molecular weight is 461 g/mol. The zero-order valence-corrected chi connectivity index (χ0v) is 20.0. The lowest BCUT2D eigenvalue weighted by molar-refractivity contribution is 0.460. The van der Waals surface area contributed by atoms with Crippen LogP contribution in [0.25, 0.3) is 0 Å². The molecule has 0 aromatic heterocycles. The van der Waals surface area contributed by atoms with E-state index in [1.165, 1.54) is 22.1 Å². The van der Waals surface area contributed by atoms with Crippen LogP contribution in [0.5, 0.6) is 23.0 Å². The van der Waals surface area contributed by atoms with Gasteiger partial charge in [0.15, 0.2) is 0 Å². The molecule has 0 aliphatic carbocycles. The number of hydrogen-bond donors (Lipinski definition) is 0. The molecule has 30 heavy (non-hydrogen) atoms. The first-order valence-corrected chi connectivity index (χ1v) is 11.3. The molecule has 0 saturated carbocycles. The van der Waals surface area contributed by atoms with E-state index >= 15 is 0 Å². The van der Waals surface area contributed by atoms with Crippen LogP contribution < -0.4 is 25.9 Å². The molecule has 2 aliphatic rings. The minimum Gasteiger partial charge on any atom is -0.458 e. The van der Waals surface area contributed by atoms with Gasteiger partial charge in [-0.1, -0.05) is 81.7 Å². The summed E-state index contributed by atoms with van der Waals surface area (Å²) in [6.45, 7) is 13.5. The number of ether oxygens (including phenoxy) is 2. The first-order valence-electron chi connectivity index (χ1n) is 10.5. The predicted octanol–water partition coefficient (Wildman–Crippen LogP) is 5.77. The van der Waals surface area contributed by atoms with E-state index in [0.717, 1.165) is 32.9 Å². The number of halogens is 1. The van der Waals surface area contributed by atoms with E-state index < -0.39 is 0 Å². The van der Waals surface area contributed by atoms with Gasteiger partial charge in [0.1, 0.15) is 23.0 Å². The summed E-state index contributed by atoms with van der Waals surface area (Å²) in [5.41, 5.74) is 6.20. The molecule has 0 N–H and O–H groups in total. The summed E-state index contributed by atoms with van der Waals surface area (Å²) < 4.78 is 13.8. The maximum absolute atomic E-state index is 6.42. The Balaban J connectivity index is 1.75. The average Bonchev–Trinajstić information content (AvgIpc) is 2.64. The van der Waals surface area contributed by atoms with Gasteiger partial charge >= 0.3 is 0 Å². The Morgan fingerprint density at radius 3 is 1.47 bits per heavy atom. The number of hydrogen-bond acceptors (Lipinski definition) is 2. The van der Waals surface area contributed by atoms with Crippen LogP contribution in [0.4, 0.5) is 0 Å². The quantitative estimate of drug-likeness (QED) is 0.273. The van der Waals surface area contributed by atoms with E-state index in [9.17, 15) is 0 Å². The largest absolute Gasteiger partial charge is 0.458 e. The van der Waals surface area contributed by atoms with Gasteiger partial charge in [0.2, 0.25) is 0 Å². The van der Waals surface area contributed by atoms with Crippen molar-refractivity contribution in [1.82, 2.24) is 0 Å². The summed E-state index contributed by atoms with van der Waals surface area (Å²) in [4.78, 5) is 0. The maximum atomic E-state index is 6.42. The van der Waals surface area contributed by atoms with Crippen molar-refractivity contribution in [2.24, 2.45) is 0 Å². The van der Waals surface area contributed by atoms with Crippen molar-refractivity contribution in [3.8, 4) is 23.0 Å². The molecule has 0 atom stereocenters. The minimum absolute atomic E-state index is 0.0658. The van der Waals surface area contributed by atoms with Crippen LogP contribution in [0.3, 0.4) is 0 Å². The van der Waals surface area contributed by atoms with Crippen LogP contribution in [0.1, 0.15) is 52.7 Å². The van der Waals surface area contributed by atoms with Crippen molar-refractivity contribution in [3.63, 3.8) is 0 Å². The second kappa shape index (κ2) is 6.40. The highest BCUT2D eigenvalue weighted by Crippen LogP contribution is 2.39. The summed E-state index contributed by atoms with van der Waals surface area (Å²) in [5, 5.41) is 0. The van der Waals surface area contributed by atoms with Crippen LogP contribution >= 0.6 is 15.9 Å². The Hall–Kier alpha value is -2.20. The Morgan fingerprint density at radius 1 is 0.633 bits per heavy atom. The van der Waals surface area contributed by atoms with Gasteiger partial charge in [-0.2, -0.15) is 0 Å². The number of benzene rings is 3. The molecule has 4 heteroatoms. The molecule has 3 aromatic rings. The molecule has 0 fully saturated rings. The van der Waals surface area contributed by atoms with E-state index in [2.05, 4.69) is 106 Å². The van der Waals surface area contributed by atoms with E-state index in [1.54, 1.807) is 0 Å². The molecular formula is C26H26BBrO2. The zero-order chi connectivity index (χ0) is 21.4. The molecule has 0 amide bonds. The SMILES string of the molecule is CC(C)(C)c1ccc2c(c1)Oc1cc(Br)cc3c1B2c1ccc(C(C)(C)C)cc1O3. The lowest BCUT2D eigenvalue weighted by Gasteiger charge is -2.34. The topological polar surface area (TPSA) is 18.5 Å². The van der Waals surface area contributed by atoms with Gasteiger partial charge in [0.05, 0.1) is 0 Å². The molecule has 0 spiro atoms. The fourth-order valence-corrected chi connectivity index (χ4v) is 4.81. The third kappa shape index (κ3) is 3.08. The third-order valence-electron chi connectivity index (χ3n) is 6.18. The summed E-state index contributed by atoms with van der Waals surface area (Å²) >= 11 is 3.64. The molecule has 3 aromatic carbocycles. The summed E-state index contributed by atoms with van der Waals surface area (Å²) in [6.07, 6.45) is 0. The second-order valence-corrected chi connectivity index (χ2v) is 11.4. The third-order valence-corrected chi connectivity index (χ3v) is 6.64. The Labute approximate surface area is 187 Å². The molecule has 2 aliphatic heterocycles. The number of fused-ring (bicyclic) bond motifs is 4. The molecule has 2 heterocycles. The Morgan fingerprint density at radius 2 is 1.07 bits per heavy atom. The molecule has 5 rings (SSSR count). The van der Waals surface area contributed by atoms with Crippen LogP contribution in [0, 0.1) is 0 Å². The Kier molecular flexibility index (Phi) is 4.21. The highest BCUT2D eigenvalue weighted by atomic mass is 79.9. The highest BCUT2D eigenvalue weighted by Gasteiger charge is 2.41. The van der Waals surface area contributed by atoms with Crippen molar-refractivity contribution in [2.45, 2.75) is 52.4 Å². The number of rotatable bonds is 0. The molecule has 0 bridgehead atoms. The summed E-state index contributed by atoms with van der Waals surface area (Å²) in [7, 11) is 0. The van der Waals surface area contributed by atoms with E-state index in [1.807, 2.05) is 0 Å². The molecular weight excluding hydrogens is 435 g/mol. The van der Waals surface area contributed by atoms with Crippen LogP contribution in [0.2, 0.25) is 0 Å². The lowest BCUT2D eigenvalue weighted by Crippen LogP contribution is -2.57. The van der Waals surface area contributed by atoms with E-state index in [-0.39, 0.29) is 17.5 Å². The standard InChI is InChI=1S/C26H26BBrO2/c1-25(2,3)15-7-9-18-20(11-15)29-22-13-17(28)14-23-24(22)27(18)19-10-8-16(26(4,5)6)12-21(19)30-23/h7-14H,1-6H3. The van der Waals surface area contributed by atoms with Crippen molar-refractivity contribution < 1.29 is 9.47 Å². The lowest BCUT2D eigenvalue weighted by atomic mass is 9.34. The van der Waals surface area contributed by atoms with Crippen molar-refractivity contribution >= 4 is 39.0 Å². The highest BCUT2D eigenvalue weighted by molar-refractivity contribution is 9.10. The van der Waals surface area contributed by atoms with Crippen LogP contribution in [-0.2, 0) is 10.8 Å². The second-order valence-electron chi connectivity index (χ2n) is 10.5. The van der Waals surface area contributed by atoms with Gasteiger partial charge in [-0.25, -0.2) is 0 Å². The van der Waals surface area contributed by atoms with Crippen LogP contribution in [-0.4, -0.2) is 6.71 Å². The van der Waals surface area contributed by atoms with Crippen molar-refractivity contribution in [1.29, 1.82) is 0 Å². The van der Waals surface area contributed by atoms with Gasteiger partial charge < -0.3 is 9.47 Å². The zero-order valence-electron chi connectivity index (χ0n) is 18.4. The minimum atomic E-state index is 0.0658. The maximum Gasteiger partial charge on any atom is 0.260 e. The molecule has 0 radical (unpaired) electrons. The Bertz CT molecular complexity index is 1100. The van der Waals surface area contributed by atoms with Gasteiger partial charge in [0.25, 0.3) is 6.71 Å². The molecule has 152 valence electrons. The monoisotopic (exact) mass is 460 g/mol. The molecule has 0 unspecified atom stereocenters. The fraction of sp³-hybridized carbons (Fsp3) is 0.308. The summed E-state index contributed by atoms with van der Waals surface area (Å²) in [6, 6.07) is 17.5. The van der Waals surface area contributed by atoms with Gasteiger partial charge in [-0.15, -0.1) is 0 Å². The first kappa shape index (κ1) is 19.7. The van der Waals surface area contributed by atoms with Crippen molar-refractivity contribution in [2.75, 3.05) is 0 Å². The normalized spacial score (nSPS) is 14.3.